The molecule has 2 aliphatic carbocycles. The first kappa shape index (κ1) is 20.2. The van der Waals surface area contributed by atoms with Gasteiger partial charge in [-0.1, -0.05) is 79.6 Å². The Morgan fingerprint density at radius 1 is 1.14 bits per heavy atom. The van der Waals surface area contributed by atoms with Crippen LogP contribution in [0.5, 0.6) is 0 Å². The molecular weight excluding hydrogens is 376 g/mol. The number of fused-ring (bicyclic) bond motifs is 4. The van der Waals surface area contributed by atoms with Crippen LogP contribution in [0.4, 0.5) is 0 Å². The fraction of sp³-hybridized carbons (Fsp3) is 0.440. The maximum atomic E-state index is 13.9. The zero-order valence-corrected chi connectivity index (χ0v) is 18.4. The van der Waals surface area contributed by atoms with Crippen molar-refractivity contribution in [3.63, 3.8) is 0 Å². The molecule has 1 aromatic carbocycles. The van der Waals surface area contributed by atoms with Gasteiger partial charge in [0.25, 0.3) is 5.56 Å². The van der Waals surface area contributed by atoms with Gasteiger partial charge in [0.05, 0.1) is 11.3 Å². The predicted molar refractivity (Wildman–Crippen MR) is 123 cm³/mol. The minimum atomic E-state index is -0.0691. The lowest BCUT2D eigenvalue weighted by Crippen LogP contribution is -2.43. The maximum absolute atomic E-state index is 13.9. The van der Waals surface area contributed by atoms with Crippen LogP contribution in [0.2, 0.25) is 0 Å². The smallest absolute Gasteiger partial charge is 0.258 e. The Morgan fingerprint density at radius 3 is 2.55 bits per heavy atom. The van der Waals surface area contributed by atoms with E-state index in [9.17, 15) is 4.79 Å². The van der Waals surface area contributed by atoms with Crippen molar-refractivity contribution in [2.45, 2.75) is 69.5 Å². The number of benzene rings is 1. The van der Waals surface area contributed by atoms with Gasteiger partial charge >= 0.3 is 0 Å². The van der Waals surface area contributed by atoms with Crippen molar-refractivity contribution in [3.8, 4) is 11.3 Å². The number of allylic oxidation sites excluding steroid dienone is 1. The molecule has 0 saturated heterocycles. The summed E-state index contributed by atoms with van der Waals surface area (Å²) in [6, 6.07) is 8.52. The third-order valence-corrected chi connectivity index (χ3v) is 7.36. The minimum Gasteiger partial charge on any atom is -0.283 e. The number of rotatable bonds is 5. The molecule has 0 unspecified atom stereocenters. The molecule has 2 aliphatic rings. The third kappa shape index (κ3) is 3.75. The molecule has 1 heterocycles. The lowest BCUT2D eigenvalue weighted by molar-refractivity contribution is 0.282. The van der Waals surface area contributed by atoms with Crippen molar-refractivity contribution >= 4 is 11.8 Å². The molecule has 0 N–H and O–H groups in total. The van der Waals surface area contributed by atoms with E-state index in [0.717, 1.165) is 58.1 Å². The van der Waals surface area contributed by atoms with Crippen LogP contribution < -0.4 is 5.56 Å². The van der Waals surface area contributed by atoms with E-state index in [1.807, 2.05) is 18.4 Å². The molecule has 1 saturated carbocycles. The summed E-state index contributed by atoms with van der Waals surface area (Å²) >= 11 is 1.61. The van der Waals surface area contributed by atoms with E-state index in [-0.39, 0.29) is 11.0 Å². The molecule has 4 rings (SSSR count). The van der Waals surface area contributed by atoms with Crippen LogP contribution in [0.25, 0.3) is 11.3 Å². The molecule has 29 heavy (non-hydrogen) atoms. The van der Waals surface area contributed by atoms with Crippen LogP contribution >= 0.6 is 11.8 Å². The van der Waals surface area contributed by atoms with E-state index in [2.05, 4.69) is 37.4 Å². The molecule has 1 spiro atoms. The molecule has 152 valence electrons. The molecule has 2 aromatic rings. The molecule has 0 amide bonds. The normalized spacial score (nSPS) is 16.9. The number of hydrogen-bond donors (Lipinski definition) is 0. The third-order valence-electron chi connectivity index (χ3n) is 6.15. The second kappa shape index (κ2) is 7.98. The van der Waals surface area contributed by atoms with E-state index in [0.29, 0.717) is 6.54 Å². The van der Waals surface area contributed by atoms with Crippen LogP contribution in [-0.2, 0) is 18.4 Å². The van der Waals surface area contributed by atoms with E-state index in [1.165, 1.54) is 24.8 Å². The lowest BCUT2D eigenvalue weighted by Gasteiger charge is -2.42. The average Bonchev–Trinajstić information content (AvgIpc) is 2.68. The van der Waals surface area contributed by atoms with E-state index in [1.54, 1.807) is 11.8 Å². The lowest BCUT2D eigenvalue weighted by atomic mass is 9.62. The Bertz CT molecular complexity index is 1030. The minimum absolute atomic E-state index is 0.0691. The Hall–Kier alpha value is -2.07. The fourth-order valence-electron chi connectivity index (χ4n) is 4.93. The standard InChI is InChI=1S/C25H30N2OS/c1-17(2)15-27-23(28)21-22(26-24(27)29-16-18(3)4)20-11-7-6-10-19(20)14-25(21)12-8-5-9-13-25/h6-7,10-11H,1,3,5,8-9,12-16H2,2,4H3. The fourth-order valence-corrected chi connectivity index (χ4v) is 5.76. The SMILES string of the molecule is C=C(C)CSc1nc2c(c(=O)n1CC(=C)C)C1(CCCCC1)Cc1ccccc1-2. The van der Waals surface area contributed by atoms with Crippen LogP contribution in [0.15, 0.2) is 58.5 Å². The average molecular weight is 407 g/mol. The van der Waals surface area contributed by atoms with Gasteiger partial charge in [-0.3, -0.25) is 9.36 Å². The first-order valence-electron chi connectivity index (χ1n) is 10.6. The highest BCUT2D eigenvalue weighted by Crippen LogP contribution is 2.48. The molecule has 0 bridgehead atoms. The van der Waals surface area contributed by atoms with Gasteiger partial charge in [-0.2, -0.15) is 0 Å². The molecule has 0 aliphatic heterocycles. The Morgan fingerprint density at radius 2 is 1.86 bits per heavy atom. The topological polar surface area (TPSA) is 34.9 Å². The van der Waals surface area contributed by atoms with Gasteiger partial charge in [0.15, 0.2) is 5.16 Å². The first-order chi connectivity index (χ1) is 13.9. The van der Waals surface area contributed by atoms with Crippen molar-refractivity contribution in [2.24, 2.45) is 0 Å². The summed E-state index contributed by atoms with van der Waals surface area (Å²) in [6.07, 6.45) is 6.76. The molecule has 0 radical (unpaired) electrons. The molecule has 1 fully saturated rings. The summed E-state index contributed by atoms with van der Waals surface area (Å²) < 4.78 is 1.86. The quantitative estimate of drug-likeness (QED) is 0.351. The van der Waals surface area contributed by atoms with Gasteiger partial charge in [0, 0.05) is 23.3 Å². The first-order valence-corrected chi connectivity index (χ1v) is 11.5. The predicted octanol–water partition coefficient (Wildman–Crippen LogP) is 5.91. The van der Waals surface area contributed by atoms with E-state index in [4.69, 9.17) is 4.98 Å². The zero-order valence-electron chi connectivity index (χ0n) is 17.6. The van der Waals surface area contributed by atoms with Gasteiger partial charge < -0.3 is 0 Å². The zero-order chi connectivity index (χ0) is 20.6. The van der Waals surface area contributed by atoms with Gasteiger partial charge in [-0.15, -0.1) is 0 Å². The second-order valence-electron chi connectivity index (χ2n) is 8.89. The van der Waals surface area contributed by atoms with Crippen LogP contribution in [0.1, 0.15) is 57.1 Å². The Kier molecular flexibility index (Phi) is 5.56. The molecule has 3 nitrogen and oxygen atoms in total. The van der Waals surface area contributed by atoms with Gasteiger partial charge in [-0.05, 0) is 38.7 Å². The summed E-state index contributed by atoms with van der Waals surface area (Å²) in [6.45, 7) is 12.6. The summed E-state index contributed by atoms with van der Waals surface area (Å²) in [7, 11) is 0. The summed E-state index contributed by atoms with van der Waals surface area (Å²) in [5.41, 5.74) is 6.46. The van der Waals surface area contributed by atoms with Crippen molar-refractivity contribution in [2.75, 3.05) is 5.75 Å². The van der Waals surface area contributed by atoms with Gasteiger partial charge in [0.1, 0.15) is 0 Å². The summed E-state index contributed by atoms with van der Waals surface area (Å²) in [5.74, 6) is 0.758. The van der Waals surface area contributed by atoms with Crippen LogP contribution in [-0.4, -0.2) is 15.3 Å². The van der Waals surface area contributed by atoms with Crippen molar-refractivity contribution in [1.29, 1.82) is 0 Å². The van der Waals surface area contributed by atoms with Gasteiger partial charge in [0.2, 0.25) is 0 Å². The van der Waals surface area contributed by atoms with Crippen LogP contribution in [0, 0.1) is 0 Å². The van der Waals surface area contributed by atoms with E-state index >= 15 is 0 Å². The van der Waals surface area contributed by atoms with Crippen LogP contribution in [0.3, 0.4) is 0 Å². The Labute approximate surface area is 178 Å². The second-order valence-corrected chi connectivity index (χ2v) is 9.83. The summed E-state index contributed by atoms with van der Waals surface area (Å²) in [4.78, 5) is 19.1. The maximum Gasteiger partial charge on any atom is 0.258 e. The summed E-state index contributed by atoms with van der Waals surface area (Å²) in [5, 5.41) is 0.780. The number of nitrogens with zero attached hydrogens (tertiary/aromatic N) is 2. The van der Waals surface area contributed by atoms with Crippen molar-refractivity contribution < 1.29 is 0 Å². The largest absolute Gasteiger partial charge is 0.283 e. The van der Waals surface area contributed by atoms with Crippen molar-refractivity contribution in [1.82, 2.24) is 9.55 Å². The number of aromatic nitrogens is 2. The molecular formula is C25H30N2OS. The highest BCUT2D eigenvalue weighted by Gasteiger charge is 2.43. The highest BCUT2D eigenvalue weighted by molar-refractivity contribution is 7.99. The van der Waals surface area contributed by atoms with Crippen molar-refractivity contribution in [3.05, 3.63) is 70.1 Å². The molecule has 4 heteroatoms. The highest BCUT2D eigenvalue weighted by atomic mass is 32.2. The Balaban J connectivity index is 1.98. The van der Waals surface area contributed by atoms with E-state index < -0.39 is 0 Å². The molecule has 1 aromatic heterocycles. The monoisotopic (exact) mass is 406 g/mol. The number of thioether (sulfide) groups is 1. The number of hydrogen-bond acceptors (Lipinski definition) is 3. The van der Waals surface area contributed by atoms with Gasteiger partial charge in [-0.25, -0.2) is 4.98 Å². The molecule has 0 atom stereocenters.